The molecular formula is C10H16N2OS. The summed E-state index contributed by atoms with van der Waals surface area (Å²) in [4.78, 5) is 12.4. The van der Waals surface area contributed by atoms with Crippen LogP contribution in [0, 0.1) is 5.92 Å². The minimum Gasteiger partial charge on any atom is -0.347 e. The van der Waals surface area contributed by atoms with Crippen LogP contribution in [0.4, 0.5) is 0 Å². The average molecular weight is 212 g/mol. The van der Waals surface area contributed by atoms with Gasteiger partial charge in [0.15, 0.2) is 0 Å². The number of carbonyl (C=O) groups excluding carboxylic acids is 1. The Morgan fingerprint density at radius 3 is 2.79 bits per heavy atom. The van der Waals surface area contributed by atoms with Crippen LogP contribution in [-0.4, -0.2) is 12.5 Å². The molecule has 0 spiro atoms. The van der Waals surface area contributed by atoms with Gasteiger partial charge in [-0.3, -0.25) is 4.79 Å². The van der Waals surface area contributed by atoms with E-state index in [9.17, 15) is 4.79 Å². The van der Waals surface area contributed by atoms with Crippen molar-refractivity contribution < 1.29 is 4.79 Å². The monoisotopic (exact) mass is 212 g/mol. The molecule has 0 radical (unpaired) electrons. The number of amides is 1. The number of nitrogens with two attached hydrogens (primary N) is 1. The number of hydrogen-bond donors (Lipinski definition) is 2. The first-order valence-corrected chi connectivity index (χ1v) is 5.56. The number of nitrogens with one attached hydrogen (secondary N) is 1. The number of carbonyl (C=O) groups is 1. The molecule has 1 amide bonds. The van der Waals surface area contributed by atoms with E-state index in [0.29, 0.717) is 5.92 Å². The summed E-state index contributed by atoms with van der Waals surface area (Å²) < 4.78 is 0. The van der Waals surface area contributed by atoms with Crippen molar-refractivity contribution in [3.05, 3.63) is 22.4 Å². The van der Waals surface area contributed by atoms with Crippen LogP contribution in [0.3, 0.4) is 0 Å². The van der Waals surface area contributed by atoms with Crippen molar-refractivity contribution in [1.29, 1.82) is 0 Å². The van der Waals surface area contributed by atoms with Gasteiger partial charge in [-0.25, -0.2) is 0 Å². The second kappa shape index (κ2) is 5.12. The molecule has 0 aliphatic carbocycles. The Hall–Kier alpha value is -0.870. The summed E-state index contributed by atoms with van der Waals surface area (Å²) in [5.74, 6) is 0.279. The molecule has 1 heterocycles. The largest absolute Gasteiger partial charge is 0.347 e. The Labute approximate surface area is 88.3 Å². The van der Waals surface area contributed by atoms with Gasteiger partial charge < -0.3 is 11.1 Å². The molecule has 1 aromatic heterocycles. The molecule has 0 saturated carbocycles. The van der Waals surface area contributed by atoms with E-state index in [0.717, 1.165) is 0 Å². The molecule has 1 atom stereocenters. The van der Waals surface area contributed by atoms with Crippen LogP contribution < -0.4 is 11.1 Å². The van der Waals surface area contributed by atoms with Crippen molar-refractivity contribution in [3.8, 4) is 0 Å². The third kappa shape index (κ3) is 2.82. The van der Waals surface area contributed by atoms with E-state index in [1.807, 2.05) is 17.5 Å². The third-order valence-corrected chi connectivity index (χ3v) is 2.97. The van der Waals surface area contributed by atoms with Gasteiger partial charge in [-0.15, -0.1) is 11.3 Å². The lowest BCUT2D eigenvalue weighted by molar-refractivity contribution is -0.120. The van der Waals surface area contributed by atoms with Gasteiger partial charge in [0.2, 0.25) is 5.91 Å². The van der Waals surface area contributed by atoms with E-state index in [-0.39, 0.29) is 18.5 Å². The number of rotatable bonds is 4. The molecule has 1 unspecified atom stereocenters. The van der Waals surface area contributed by atoms with Crippen LogP contribution in [-0.2, 0) is 4.79 Å². The Balaban J connectivity index is 2.70. The summed E-state index contributed by atoms with van der Waals surface area (Å²) in [5, 5.41) is 4.93. The fraction of sp³-hybridized carbons (Fsp3) is 0.500. The minimum atomic E-state index is -0.0999. The first-order chi connectivity index (χ1) is 6.65. The van der Waals surface area contributed by atoms with Gasteiger partial charge in [0, 0.05) is 4.88 Å². The van der Waals surface area contributed by atoms with Gasteiger partial charge in [0.05, 0.1) is 12.6 Å². The lowest BCUT2D eigenvalue weighted by atomic mass is 10.0. The SMILES string of the molecule is CC(C)C(NC(=O)CN)c1cccs1. The van der Waals surface area contributed by atoms with Gasteiger partial charge in [-0.05, 0) is 17.4 Å². The van der Waals surface area contributed by atoms with Crippen LogP contribution in [0.1, 0.15) is 24.8 Å². The summed E-state index contributed by atoms with van der Waals surface area (Å²) in [6, 6.07) is 4.11. The Kier molecular flexibility index (Phi) is 4.10. The maximum absolute atomic E-state index is 11.2. The highest BCUT2D eigenvalue weighted by atomic mass is 32.1. The molecule has 78 valence electrons. The summed E-state index contributed by atoms with van der Waals surface area (Å²) >= 11 is 1.66. The van der Waals surface area contributed by atoms with E-state index in [2.05, 4.69) is 19.2 Å². The van der Waals surface area contributed by atoms with Gasteiger partial charge in [0.25, 0.3) is 0 Å². The fourth-order valence-corrected chi connectivity index (χ4v) is 2.22. The smallest absolute Gasteiger partial charge is 0.234 e. The highest BCUT2D eigenvalue weighted by Gasteiger charge is 2.18. The summed E-state index contributed by atoms with van der Waals surface area (Å²) in [6.07, 6.45) is 0. The molecule has 0 saturated heterocycles. The minimum absolute atomic E-state index is 0.0502. The van der Waals surface area contributed by atoms with Crippen molar-refractivity contribution in [2.75, 3.05) is 6.54 Å². The zero-order valence-electron chi connectivity index (χ0n) is 8.49. The van der Waals surface area contributed by atoms with Crippen LogP contribution in [0.2, 0.25) is 0 Å². The summed E-state index contributed by atoms with van der Waals surface area (Å²) in [6.45, 7) is 4.22. The second-order valence-corrected chi connectivity index (χ2v) is 4.49. The van der Waals surface area contributed by atoms with Crippen molar-refractivity contribution in [2.24, 2.45) is 11.7 Å². The quantitative estimate of drug-likeness (QED) is 0.795. The maximum Gasteiger partial charge on any atom is 0.234 e. The molecule has 14 heavy (non-hydrogen) atoms. The topological polar surface area (TPSA) is 55.1 Å². The molecule has 0 aliphatic heterocycles. The van der Waals surface area contributed by atoms with Gasteiger partial charge in [0.1, 0.15) is 0 Å². The van der Waals surface area contributed by atoms with E-state index in [4.69, 9.17) is 5.73 Å². The molecule has 4 heteroatoms. The summed E-state index contributed by atoms with van der Waals surface area (Å²) in [5.41, 5.74) is 5.27. The molecule has 1 aromatic rings. The predicted molar refractivity (Wildman–Crippen MR) is 59.1 cm³/mol. The highest BCUT2D eigenvalue weighted by molar-refractivity contribution is 7.10. The Bertz CT molecular complexity index is 282. The summed E-state index contributed by atoms with van der Waals surface area (Å²) in [7, 11) is 0. The van der Waals surface area contributed by atoms with Crippen LogP contribution in [0.5, 0.6) is 0 Å². The molecule has 1 rings (SSSR count). The van der Waals surface area contributed by atoms with E-state index < -0.39 is 0 Å². The molecule has 0 aliphatic rings. The first-order valence-electron chi connectivity index (χ1n) is 4.68. The Morgan fingerprint density at radius 1 is 1.64 bits per heavy atom. The lowest BCUT2D eigenvalue weighted by Gasteiger charge is -2.20. The first kappa shape index (κ1) is 11.2. The van der Waals surface area contributed by atoms with Crippen molar-refractivity contribution in [3.63, 3.8) is 0 Å². The number of thiophene rings is 1. The second-order valence-electron chi connectivity index (χ2n) is 3.51. The van der Waals surface area contributed by atoms with Crippen LogP contribution >= 0.6 is 11.3 Å². The van der Waals surface area contributed by atoms with E-state index in [1.54, 1.807) is 11.3 Å². The van der Waals surface area contributed by atoms with Crippen LogP contribution in [0.25, 0.3) is 0 Å². The van der Waals surface area contributed by atoms with E-state index >= 15 is 0 Å². The number of hydrogen-bond acceptors (Lipinski definition) is 3. The zero-order chi connectivity index (χ0) is 10.6. The average Bonchev–Trinajstić information content (AvgIpc) is 2.65. The Morgan fingerprint density at radius 2 is 2.36 bits per heavy atom. The van der Waals surface area contributed by atoms with Crippen molar-refractivity contribution >= 4 is 17.2 Å². The molecular weight excluding hydrogens is 196 g/mol. The maximum atomic E-state index is 11.2. The highest BCUT2D eigenvalue weighted by Crippen LogP contribution is 2.25. The molecule has 3 N–H and O–H groups in total. The van der Waals surface area contributed by atoms with Gasteiger partial charge in [-0.2, -0.15) is 0 Å². The van der Waals surface area contributed by atoms with Gasteiger partial charge >= 0.3 is 0 Å². The zero-order valence-corrected chi connectivity index (χ0v) is 9.30. The van der Waals surface area contributed by atoms with Crippen LogP contribution in [0.15, 0.2) is 17.5 Å². The predicted octanol–water partition coefficient (Wildman–Crippen LogP) is 1.52. The molecule has 0 fully saturated rings. The molecule has 3 nitrogen and oxygen atoms in total. The van der Waals surface area contributed by atoms with E-state index in [1.165, 1.54) is 4.88 Å². The lowest BCUT2D eigenvalue weighted by Crippen LogP contribution is -2.35. The third-order valence-electron chi connectivity index (χ3n) is 2.02. The normalized spacial score (nSPS) is 12.9. The van der Waals surface area contributed by atoms with Crippen molar-refractivity contribution in [2.45, 2.75) is 19.9 Å². The molecule has 0 bridgehead atoms. The molecule has 0 aromatic carbocycles. The van der Waals surface area contributed by atoms with Crippen molar-refractivity contribution in [1.82, 2.24) is 5.32 Å². The van der Waals surface area contributed by atoms with Gasteiger partial charge in [-0.1, -0.05) is 19.9 Å². The fourth-order valence-electron chi connectivity index (χ4n) is 1.27. The standard InChI is InChI=1S/C10H16N2OS/c1-7(2)10(12-9(13)6-11)8-4-3-5-14-8/h3-5,7,10H,6,11H2,1-2H3,(H,12,13).